The molecule has 0 unspecified atom stereocenters. The smallest absolute Gasteiger partial charge is 0.165 e. The molecule has 0 radical (unpaired) electrons. The minimum Gasteiger partial charge on any atom is -0.493 e. The Hall–Kier alpha value is -1.31. The van der Waals surface area contributed by atoms with E-state index in [4.69, 9.17) is 4.74 Å². The van der Waals surface area contributed by atoms with E-state index in [-0.39, 0.29) is 5.92 Å². The van der Waals surface area contributed by atoms with Crippen molar-refractivity contribution in [2.45, 2.75) is 57.8 Å². The fourth-order valence-electron chi connectivity index (χ4n) is 3.47. The summed E-state index contributed by atoms with van der Waals surface area (Å²) >= 11 is 0. The summed E-state index contributed by atoms with van der Waals surface area (Å²) in [7, 11) is 0. The number of carbonyl (C=O) groups excluding carboxylic acids is 1. The number of benzene rings is 1. The zero-order valence-electron chi connectivity index (χ0n) is 12.2. The summed E-state index contributed by atoms with van der Waals surface area (Å²) in [6.07, 6.45) is 10.6. The standard InChI is InChI=1S/C18H24O2/c19-18(14-7-4-2-1-3-5-8-14)16-10-11-17-15(13-16)9-6-12-20-17/h10-11,13-14H,1-9,12H2. The highest BCUT2D eigenvalue weighted by atomic mass is 16.5. The van der Waals surface area contributed by atoms with E-state index in [0.717, 1.165) is 43.6 Å². The Balaban J connectivity index is 1.75. The molecule has 1 heterocycles. The van der Waals surface area contributed by atoms with Crippen LogP contribution in [0.1, 0.15) is 67.3 Å². The molecule has 0 spiro atoms. The van der Waals surface area contributed by atoms with Crippen molar-refractivity contribution in [1.82, 2.24) is 0 Å². The Morgan fingerprint density at radius 2 is 1.75 bits per heavy atom. The number of hydrogen-bond acceptors (Lipinski definition) is 2. The zero-order valence-corrected chi connectivity index (χ0v) is 12.2. The minimum atomic E-state index is 0.248. The van der Waals surface area contributed by atoms with Gasteiger partial charge in [0.2, 0.25) is 0 Å². The van der Waals surface area contributed by atoms with Crippen LogP contribution >= 0.6 is 0 Å². The Labute approximate surface area is 121 Å². The minimum absolute atomic E-state index is 0.248. The number of aryl methyl sites for hydroxylation is 1. The van der Waals surface area contributed by atoms with Crippen LogP contribution < -0.4 is 4.74 Å². The van der Waals surface area contributed by atoms with Crippen molar-refractivity contribution in [2.75, 3.05) is 6.61 Å². The lowest BCUT2D eigenvalue weighted by Gasteiger charge is -2.21. The van der Waals surface area contributed by atoms with Crippen LogP contribution in [0.25, 0.3) is 0 Å². The predicted molar refractivity (Wildman–Crippen MR) is 80.4 cm³/mol. The van der Waals surface area contributed by atoms with Gasteiger partial charge in [-0.15, -0.1) is 0 Å². The van der Waals surface area contributed by atoms with Crippen molar-refractivity contribution >= 4 is 5.78 Å². The molecular formula is C18H24O2. The van der Waals surface area contributed by atoms with E-state index in [9.17, 15) is 4.79 Å². The Morgan fingerprint density at radius 3 is 2.55 bits per heavy atom. The summed E-state index contributed by atoms with van der Waals surface area (Å²) in [4.78, 5) is 12.7. The average molecular weight is 272 g/mol. The molecule has 0 N–H and O–H groups in total. The highest BCUT2D eigenvalue weighted by Crippen LogP contribution is 2.29. The Morgan fingerprint density at radius 1 is 1.00 bits per heavy atom. The molecule has 1 aliphatic carbocycles. The van der Waals surface area contributed by atoms with Gasteiger partial charge in [-0.05, 0) is 49.4 Å². The van der Waals surface area contributed by atoms with E-state index >= 15 is 0 Å². The summed E-state index contributed by atoms with van der Waals surface area (Å²) < 4.78 is 5.63. The third-order valence-electron chi connectivity index (χ3n) is 4.67. The molecular weight excluding hydrogens is 248 g/mol. The van der Waals surface area contributed by atoms with Crippen molar-refractivity contribution < 1.29 is 9.53 Å². The zero-order chi connectivity index (χ0) is 13.8. The number of fused-ring (bicyclic) bond motifs is 1. The SMILES string of the molecule is O=C(c1ccc2c(c1)CCCO2)C1CCCCCCC1. The lowest BCUT2D eigenvalue weighted by Crippen LogP contribution is -2.17. The summed E-state index contributed by atoms with van der Waals surface area (Å²) in [5.41, 5.74) is 2.12. The van der Waals surface area contributed by atoms with Gasteiger partial charge < -0.3 is 4.74 Å². The fourth-order valence-corrected chi connectivity index (χ4v) is 3.47. The fraction of sp³-hybridized carbons (Fsp3) is 0.611. The third-order valence-corrected chi connectivity index (χ3v) is 4.67. The van der Waals surface area contributed by atoms with Crippen molar-refractivity contribution in [3.63, 3.8) is 0 Å². The van der Waals surface area contributed by atoms with Gasteiger partial charge in [0, 0.05) is 11.5 Å². The molecule has 0 saturated heterocycles. The maximum atomic E-state index is 12.7. The van der Waals surface area contributed by atoms with Crippen LogP contribution in [-0.4, -0.2) is 12.4 Å². The third kappa shape index (κ3) is 3.05. The van der Waals surface area contributed by atoms with Crippen LogP contribution in [0.15, 0.2) is 18.2 Å². The van der Waals surface area contributed by atoms with Crippen LogP contribution in [0, 0.1) is 5.92 Å². The van der Waals surface area contributed by atoms with Gasteiger partial charge in [-0.2, -0.15) is 0 Å². The molecule has 108 valence electrons. The lowest BCUT2D eigenvalue weighted by atomic mass is 9.85. The number of Topliss-reactive ketones (excluding diaryl/α,β-unsaturated/α-hetero) is 1. The molecule has 3 rings (SSSR count). The summed E-state index contributed by atoms with van der Waals surface area (Å²) in [5, 5.41) is 0. The first-order valence-corrected chi connectivity index (χ1v) is 8.14. The molecule has 1 aromatic carbocycles. The van der Waals surface area contributed by atoms with Gasteiger partial charge in [-0.25, -0.2) is 0 Å². The van der Waals surface area contributed by atoms with Crippen LogP contribution in [0.5, 0.6) is 5.75 Å². The highest BCUT2D eigenvalue weighted by molar-refractivity contribution is 5.98. The molecule has 0 amide bonds. The van der Waals surface area contributed by atoms with Crippen molar-refractivity contribution in [1.29, 1.82) is 0 Å². The normalized spacial score (nSPS) is 20.4. The predicted octanol–water partition coefficient (Wildman–Crippen LogP) is 4.55. The van der Waals surface area contributed by atoms with Crippen molar-refractivity contribution in [2.24, 2.45) is 5.92 Å². The number of carbonyl (C=O) groups is 1. The lowest BCUT2D eigenvalue weighted by molar-refractivity contribution is 0.0898. The summed E-state index contributed by atoms with van der Waals surface area (Å²) in [6.45, 7) is 0.808. The largest absolute Gasteiger partial charge is 0.493 e. The first-order chi connectivity index (χ1) is 9.84. The molecule has 0 atom stereocenters. The van der Waals surface area contributed by atoms with Gasteiger partial charge in [-0.1, -0.05) is 32.1 Å². The van der Waals surface area contributed by atoms with Crippen LogP contribution in [0.2, 0.25) is 0 Å². The molecule has 2 heteroatoms. The molecule has 0 aromatic heterocycles. The maximum absolute atomic E-state index is 12.7. The number of ether oxygens (including phenoxy) is 1. The molecule has 2 aliphatic rings. The second kappa shape index (κ2) is 6.43. The van der Waals surface area contributed by atoms with Gasteiger partial charge in [-0.3, -0.25) is 4.79 Å². The van der Waals surface area contributed by atoms with Crippen LogP contribution in [0.3, 0.4) is 0 Å². The quantitative estimate of drug-likeness (QED) is 0.738. The Bertz CT molecular complexity index is 470. The van der Waals surface area contributed by atoms with E-state index in [2.05, 4.69) is 6.07 Å². The van der Waals surface area contributed by atoms with Gasteiger partial charge in [0.15, 0.2) is 5.78 Å². The molecule has 0 bridgehead atoms. The molecule has 1 aliphatic heterocycles. The molecule has 1 fully saturated rings. The van der Waals surface area contributed by atoms with Gasteiger partial charge in [0.1, 0.15) is 5.75 Å². The first-order valence-electron chi connectivity index (χ1n) is 8.14. The maximum Gasteiger partial charge on any atom is 0.165 e. The Kier molecular flexibility index (Phi) is 4.39. The van der Waals surface area contributed by atoms with Crippen molar-refractivity contribution in [3.8, 4) is 5.75 Å². The second-order valence-electron chi connectivity index (χ2n) is 6.18. The average Bonchev–Trinajstić information content (AvgIpc) is 2.46. The van der Waals surface area contributed by atoms with E-state index in [1.54, 1.807) is 0 Å². The monoisotopic (exact) mass is 272 g/mol. The summed E-state index contributed by atoms with van der Waals surface area (Å²) in [5.74, 6) is 1.59. The second-order valence-corrected chi connectivity index (χ2v) is 6.18. The van der Waals surface area contributed by atoms with E-state index in [0.29, 0.717) is 5.78 Å². The van der Waals surface area contributed by atoms with Gasteiger partial charge in [0.05, 0.1) is 6.61 Å². The number of ketones is 1. The molecule has 2 nitrogen and oxygen atoms in total. The number of rotatable bonds is 2. The van der Waals surface area contributed by atoms with Crippen LogP contribution in [-0.2, 0) is 6.42 Å². The van der Waals surface area contributed by atoms with E-state index in [1.807, 2.05) is 12.1 Å². The molecule has 20 heavy (non-hydrogen) atoms. The van der Waals surface area contributed by atoms with Crippen molar-refractivity contribution in [3.05, 3.63) is 29.3 Å². The van der Waals surface area contributed by atoms with Gasteiger partial charge in [0.25, 0.3) is 0 Å². The number of hydrogen-bond donors (Lipinski definition) is 0. The molecule has 1 saturated carbocycles. The highest BCUT2D eigenvalue weighted by Gasteiger charge is 2.22. The first kappa shape index (κ1) is 13.7. The van der Waals surface area contributed by atoms with Crippen LogP contribution in [0.4, 0.5) is 0 Å². The van der Waals surface area contributed by atoms with E-state index < -0.39 is 0 Å². The summed E-state index contributed by atoms with van der Waals surface area (Å²) in [6, 6.07) is 6.03. The van der Waals surface area contributed by atoms with Gasteiger partial charge >= 0.3 is 0 Å². The van der Waals surface area contributed by atoms with E-state index in [1.165, 1.54) is 37.7 Å². The topological polar surface area (TPSA) is 26.3 Å². The molecule has 1 aromatic rings.